The van der Waals surface area contributed by atoms with Crippen molar-refractivity contribution in [1.29, 1.82) is 0 Å². The van der Waals surface area contributed by atoms with Gasteiger partial charge in [0.2, 0.25) is 0 Å². The van der Waals surface area contributed by atoms with E-state index in [0.717, 1.165) is 38.3 Å². The van der Waals surface area contributed by atoms with Crippen molar-refractivity contribution in [2.24, 2.45) is 0 Å². The maximum Gasteiger partial charge on any atom is 0.328 e. The van der Waals surface area contributed by atoms with Gasteiger partial charge in [0, 0.05) is 37.9 Å². The van der Waals surface area contributed by atoms with Crippen LogP contribution in [0.15, 0.2) is 24.3 Å². The van der Waals surface area contributed by atoms with Crippen molar-refractivity contribution in [1.82, 2.24) is 4.90 Å². The number of benzene rings is 1. The van der Waals surface area contributed by atoms with Crippen molar-refractivity contribution < 1.29 is 9.90 Å². The number of aryl methyl sites for hydroxylation is 1. The standard InChI is InChI=1S/C16H22N2O2/c1-3-17-8-10-18(11-9-17)15-6-4-14(12-13(15)2)5-7-16(19)20/h4-7,12H,3,8-11H2,1-2H3,(H,19,20). The summed E-state index contributed by atoms with van der Waals surface area (Å²) in [5.41, 5.74) is 3.39. The highest BCUT2D eigenvalue weighted by Crippen LogP contribution is 2.23. The van der Waals surface area contributed by atoms with Crippen LogP contribution in [0, 0.1) is 6.92 Å². The minimum atomic E-state index is -0.914. The van der Waals surface area contributed by atoms with Crippen molar-refractivity contribution in [3.63, 3.8) is 0 Å². The lowest BCUT2D eigenvalue weighted by atomic mass is 10.1. The molecule has 1 aromatic carbocycles. The van der Waals surface area contributed by atoms with Crippen molar-refractivity contribution in [2.45, 2.75) is 13.8 Å². The molecular formula is C16H22N2O2. The van der Waals surface area contributed by atoms with Gasteiger partial charge in [-0.25, -0.2) is 4.79 Å². The molecule has 0 saturated carbocycles. The summed E-state index contributed by atoms with van der Waals surface area (Å²) in [7, 11) is 0. The second-order valence-corrected chi connectivity index (χ2v) is 5.14. The van der Waals surface area contributed by atoms with E-state index in [0.29, 0.717) is 0 Å². The quantitative estimate of drug-likeness (QED) is 0.855. The molecule has 1 aliphatic heterocycles. The fraction of sp³-hybridized carbons (Fsp3) is 0.438. The predicted molar refractivity (Wildman–Crippen MR) is 82.2 cm³/mol. The van der Waals surface area contributed by atoms with Gasteiger partial charge in [0.05, 0.1) is 0 Å². The molecule has 4 heteroatoms. The zero-order valence-corrected chi connectivity index (χ0v) is 12.2. The van der Waals surface area contributed by atoms with Gasteiger partial charge in [0.15, 0.2) is 0 Å². The number of carboxylic acid groups (broad SMARTS) is 1. The number of rotatable bonds is 4. The van der Waals surface area contributed by atoms with Crippen LogP contribution in [0.2, 0.25) is 0 Å². The Kier molecular flexibility index (Phi) is 4.79. The van der Waals surface area contributed by atoms with Crippen LogP contribution in [0.4, 0.5) is 5.69 Å². The van der Waals surface area contributed by atoms with E-state index in [-0.39, 0.29) is 0 Å². The number of piperazine rings is 1. The molecule has 4 nitrogen and oxygen atoms in total. The third kappa shape index (κ3) is 3.61. The number of aliphatic carboxylic acids is 1. The summed E-state index contributed by atoms with van der Waals surface area (Å²) in [6.07, 6.45) is 2.81. The maximum atomic E-state index is 10.5. The highest BCUT2D eigenvalue weighted by Gasteiger charge is 2.16. The summed E-state index contributed by atoms with van der Waals surface area (Å²) in [6.45, 7) is 9.72. The van der Waals surface area contributed by atoms with Gasteiger partial charge in [-0.15, -0.1) is 0 Å². The lowest BCUT2D eigenvalue weighted by Crippen LogP contribution is -2.46. The summed E-state index contributed by atoms with van der Waals surface area (Å²) in [4.78, 5) is 15.4. The van der Waals surface area contributed by atoms with Gasteiger partial charge in [-0.05, 0) is 42.8 Å². The van der Waals surface area contributed by atoms with E-state index in [9.17, 15) is 4.79 Å². The molecule has 0 aliphatic carbocycles. The molecule has 0 amide bonds. The van der Waals surface area contributed by atoms with Gasteiger partial charge < -0.3 is 14.9 Å². The average molecular weight is 274 g/mol. The van der Waals surface area contributed by atoms with Gasteiger partial charge in [-0.2, -0.15) is 0 Å². The fourth-order valence-electron chi connectivity index (χ4n) is 2.61. The van der Waals surface area contributed by atoms with Crippen LogP contribution in [0.1, 0.15) is 18.1 Å². The van der Waals surface area contributed by atoms with E-state index in [1.165, 1.54) is 17.3 Å². The van der Waals surface area contributed by atoms with Gasteiger partial charge in [0.25, 0.3) is 0 Å². The molecule has 0 aromatic heterocycles. The molecule has 1 heterocycles. The lowest BCUT2D eigenvalue weighted by Gasteiger charge is -2.36. The largest absolute Gasteiger partial charge is 0.478 e. The van der Waals surface area contributed by atoms with E-state index in [1.807, 2.05) is 12.1 Å². The molecule has 1 fully saturated rings. The SMILES string of the molecule is CCN1CCN(c2ccc(C=CC(=O)O)cc2C)CC1. The summed E-state index contributed by atoms with van der Waals surface area (Å²) in [5.74, 6) is -0.914. The fourth-order valence-corrected chi connectivity index (χ4v) is 2.61. The van der Waals surface area contributed by atoms with Gasteiger partial charge in [-0.1, -0.05) is 13.0 Å². The van der Waals surface area contributed by atoms with Gasteiger partial charge in [0.1, 0.15) is 0 Å². The van der Waals surface area contributed by atoms with E-state index >= 15 is 0 Å². The maximum absolute atomic E-state index is 10.5. The van der Waals surface area contributed by atoms with Crippen molar-refractivity contribution in [2.75, 3.05) is 37.6 Å². The summed E-state index contributed by atoms with van der Waals surface area (Å²) in [5, 5.41) is 8.65. The Morgan fingerprint density at radius 2 is 2.00 bits per heavy atom. The number of hydrogen-bond acceptors (Lipinski definition) is 3. The Hall–Kier alpha value is -1.81. The molecule has 0 unspecified atom stereocenters. The topological polar surface area (TPSA) is 43.8 Å². The first-order valence-electron chi connectivity index (χ1n) is 7.09. The predicted octanol–water partition coefficient (Wildman–Crippen LogP) is 2.23. The molecule has 2 rings (SSSR count). The number of nitrogens with zero attached hydrogens (tertiary/aromatic N) is 2. The number of anilines is 1. The van der Waals surface area contributed by atoms with Crippen molar-refractivity contribution in [3.8, 4) is 0 Å². The molecule has 0 radical (unpaired) electrons. The molecule has 0 bridgehead atoms. The Labute approximate surface area is 120 Å². The molecule has 108 valence electrons. The molecule has 1 aliphatic rings. The van der Waals surface area contributed by atoms with Crippen LogP contribution in [0.5, 0.6) is 0 Å². The van der Waals surface area contributed by atoms with Gasteiger partial charge in [-0.3, -0.25) is 0 Å². The molecule has 0 spiro atoms. The van der Waals surface area contributed by atoms with Crippen LogP contribution >= 0.6 is 0 Å². The molecule has 20 heavy (non-hydrogen) atoms. The van der Waals surface area contributed by atoms with Crippen LogP contribution in [0.25, 0.3) is 6.08 Å². The van der Waals surface area contributed by atoms with Crippen molar-refractivity contribution >= 4 is 17.7 Å². The second kappa shape index (κ2) is 6.57. The van der Waals surface area contributed by atoms with E-state index in [4.69, 9.17) is 5.11 Å². The van der Waals surface area contributed by atoms with Crippen LogP contribution in [-0.2, 0) is 4.79 Å². The Morgan fingerprint density at radius 3 is 2.55 bits per heavy atom. The summed E-state index contributed by atoms with van der Waals surface area (Å²) in [6, 6.07) is 6.12. The van der Waals surface area contributed by atoms with Crippen LogP contribution in [-0.4, -0.2) is 48.7 Å². The Morgan fingerprint density at radius 1 is 1.30 bits per heavy atom. The minimum Gasteiger partial charge on any atom is -0.478 e. The highest BCUT2D eigenvalue weighted by atomic mass is 16.4. The lowest BCUT2D eigenvalue weighted by molar-refractivity contribution is -0.131. The average Bonchev–Trinajstić information content (AvgIpc) is 2.45. The molecule has 0 atom stereocenters. The summed E-state index contributed by atoms with van der Waals surface area (Å²) < 4.78 is 0. The van der Waals surface area contributed by atoms with E-state index < -0.39 is 5.97 Å². The molecular weight excluding hydrogens is 252 g/mol. The first-order valence-corrected chi connectivity index (χ1v) is 7.09. The number of carboxylic acids is 1. The van der Waals surface area contributed by atoms with Crippen LogP contribution in [0.3, 0.4) is 0 Å². The number of carbonyl (C=O) groups is 1. The molecule has 1 saturated heterocycles. The van der Waals surface area contributed by atoms with E-state index in [2.05, 4.69) is 29.7 Å². The van der Waals surface area contributed by atoms with Gasteiger partial charge >= 0.3 is 5.97 Å². The zero-order chi connectivity index (χ0) is 14.5. The smallest absolute Gasteiger partial charge is 0.328 e. The highest BCUT2D eigenvalue weighted by molar-refractivity contribution is 5.85. The third-order valence-corrected chi connectivity index (χ3v) is 3.80. The third-order valence-electron chi connectivity index (χ3n) is 3.80. The second-order valence-electron chi connectivity index (χ2n) is 5.14. The summed E-state index contributed by atoms with van der Waals surface area (Å²) >= 11 is 0. The van der Waals surface area contributed by atoms with Crippen LogP contribution < -0.4 is 4.90 Å². The monoisotopic (exact) mass is 274 g/mol. The number of hydrogen-bond donors (Lipinski definition) is 1. The first-order chi connectivity index (χ1) is 9.60. The number of likely N-dealkylation sites (N-methyl/N-ethyl adjacent to an activating group) is 1. The minimum absolute atomic E-state index is 0.914. The zero-order valence-electron chi connectivity index (χ0n) is 12.2. The molecule has 1 N–H and O–H groups in total. The van der Waals surface area contributed by atoms with Crippen molar-refractivity contribution in [3.05, 3.63) is 35.4 Å². The first kappa shape index (κ1) is 14.6. The Balaban J connectivity index is 2.08. The van der Waals surface area contributed by atoms with E-state index in [1.54, 1.807) is 6.08 Å². The normalized spacial score (nSPS) is 16.8. The molecule has 1 aromatic rings. The Bertz CT molecular complexity index is 503.